The lowest BCUT2D eigenvalue weighted by atomic mass is 9.75. The second kappa shape index (κ2) is 10.6. The van der Waals surface area contributed by atoms with Crippen LogP contribution in [0.4, 0.5) is 0 Å². The number of nitrogens with one attached hydrogen (secondary N) is 1. The van der Waals surface area contributed by atoms with Crippen LogP contribution in [0.2, 0.25) is 5.02 Å². The number of aliphatic hydroxyl groups excluding tert-OH is 1. The first-order chi connectivity index (χ1) is 16.0. The fraction of sp³-hybridized carbons (Fsp3) is 0.444. The van der Waals surface area contributed by atoms with Gasteiger partial charge < -0.3 is 20.1 Å². The first kappa shape index (κ1) is 23.7. The highest BCUT2D eigenvalue weighted by Crippen LogP contribution is 2.43. The number of rotatable bonds is 8. The van der Waals surface area contributed by atoms with Gasteiger partial charge in [0, 0.05) is 30.2 Å². The van der Waals surface area contributed by atoms with Gasteiger partial charge in [-0.05, 0) is 67.9 Å². The number of aromatic nitrogens is 1. The van der Waals surface area contributed by atoms with Crippen molar-refractivity contribution in [2.75, 3.05) is 6.54 Å². The van der Waals surface area contributed by atoms with Gasteiger partial charge in [0.25, 0.3) is 5.91 Å². The summed E-state index contributed by atoms with van der Waals surface area (Å²) in [4.78, 5) is 12.6. The maximum absolute atomic E-state index is 12.6. The summed E-state index contributed by atoms with van der Waals surface area (Å²) in [5, 5.41) is 24.8. The molecule has 6 heteroatoms. The van der Waals surface area contributed by atoms with Crippen molar-refractivity contribution in [1.82, 2.24) is 9.88 Å². The molecule has 1 heterocycles. The summed E-state index contributed by atoms with van der Waals surface area (Å²) in [5.41, 5.74) is 2.54. The number of aromatic hydroxyl groups is 1. The van der Waals surface area contributed by atoms with E-state index in [2.05, 4.69) is 22.1 Å². The van der Waals surface area contributed by atoms with Gasteiger partial charge >= 0.3 is 0 Å². The van der Waals surface area contributed by atoms with Gasteiger partial charge in [0.1, 0.15) is 5.75 Å². The maximum atomic E-state index is 12.6. The lowest BCUT2D eigenvalue weighted by Gasteiger charge is -2.30. The van der Waals surface area contributed by atoms with E-state index in [1.54, 1.807) is 25.1 Å². The van der Waals surface area contributed by atoms with Crippen molar-refractivity contribution >= 4 is 28.4 Å². The molecule has 1 amide bonds. The molecule has 4 rings (SSSR count). The molecule has 0 aliphatic heterocycles. The topological polar surface area (TPSA) is 74.5 Å². The number of hydrogen-bond acceptors (Lipinski definition) is 3. The number of amides is 1. The molecule has 176 valence electrons. The minimum Gasteiger partial charge on any atom is -0.507 e. The van der Waals surface area contributed by atoms with Crippen LogP contribution in [0, 0.1) is 5.92 Å². The van der Waals surface area contributed by atoms with Crippen LogP contribution in [-0.4, -0.2) is 33.3 Å². The number of phenolic OH excluding ortho intramolecular Hbond substituents is 1. The highest BCUT2D eigenvalue weighted by molar-refractivity contribution is 6.35. The molecule has 0 spiro atoms. The predicted octanol–water partition coefficient (Wildman–Crippen LogP) is 5.87. The second-order valence-corrected chi connectivity index (χ2v) is 9.69. The number of para-hydroxylation sites is 1. The van der Waals surface area contributed by atoms with Crippen LogP contribution in [0.1, 0.15) is 67.3 Å². The van der Waals surface area contributed by atoms with Gasteiger partial charge in [0.15, 0.2) is 0 Å². The molecule has 1 aromatic heterocycles. The third-order valence-electron chi connectivity index (χ3n) is 6.85. The zero-order chi connectivity index (χ0) is 23.4. The Bertz CT molecular complexity index is 1100. The van der Waals surface area contributed by atoms with Crippen LogP contribution in [0.3, 0.4) is 0 Å². The van der Waals surface area contributed by atoms with Crippen LogP contribution >= 0.6 is 11.6 Å². The van der Waals surface area contributed by atoms with E-state index in [0.29, 0.717) is 24.6 Å². The van der Waals surface area contributed by atoms with Gasteiger partial charge in [-0.3, -0.25) is 4.79 Å². The standard InChI is InChI=1S/C27H33ClN2O3/c1-18(31)16-30-17-22(26-23(28)11-7-12-24(26)30)20(19-8-3-2-4-9-19)14-15-29-27(33)21-10-5-6-13-25(21)32/h5-7,10-13,17-20,31-32H,2-4,8-9,14-16H2,1H3,(H,29,33). The van der Waals surface area contributed by atoms with E-state index in [0.717, 1.165) is 22.3 Å². The molecule has 2 atom stereocenters. The average Bonchev–Trinajstić information content (AvgIpc) is 3.16. The quantitative estimate of drug-likeness (QED) is 0.387. The first-order valence-electron chi connectivity index (χ1n) is 12.0. The zero-order valence-electron chi connectivity index (χ0n) is 19.1. The molecule has 0 bridgehead atoms. The molecule has 1 saturated carbocycles. The average molecular weight is 469 g/mol. The number of benzene rings is 2. The van der Waals surface area contributed by atoms with Crippen LogP contribution in [0.5, 0.6) is 5.75 Å². The smallest absolute Gasteiger partial charge is 0.255 e. The summed E-state index contributed by atoms with van der Waals surface area (Å²) in [6.07, 6.45) is 8.57. The Morgan fingerprint density at radius 1 is 1.15 bits per heavy atom. The number of phenols is 1. The first-order valence-corrected chi connectivity index (χ1v) is 12.3. The van der Waals surface area contributed by atoms with E-state index < -0.39 is 6.10 Å². The highest BCUT2D eigenvalue weighted by atomic mass is 35.5. The number of halogens is 1. The molecule has 33 heavy (non-hydrogen) atoms. The molecular weight excluding hydrogens is 436 g/mol. The molecule has 5 nitrogen and oxygen atoms in total. The summed E-state index contributed by atoms with van der Waals surface area (Å²) in [7, 11) is 0. The van der Waals surface area contributed by atoms with Gasteiger partial charge in [-0.1, -0.05) is 49.1 Å². The van der Waals surface area contributed by atoms with Gasteiger partial charge in [-0.15, -0.1) is 0 Å². The minimum absolute atomic E-state index is 0.00759. The summed E-state index contributed by atoms with van der Waals surface area (Å²) in [6, 6.07) is 12.6. The van der Waals surface area contributed by atoms with Crippen molar-refractivity contribution in [1.29, 1.82) is 0 Å². The van der Waals surface area contributed by atoms with E-state index in [9.17, 15) is 15.0 Å². The normalized spacial score (nSPS) is 16.6. The molecule has 0 saturated heterocycles. The SMILES string of the molecule is CC(O)Cn1cc(C(CCNC(=O)c2ccccc2O)C2CCCCC2)c2c(Cl)cccc21. The van der Waals surface area contributed by atoms with E-state index in [1.165, 1.54) is 43.7 Å². The Balaban J connectivity index is 1.62. The van der Waals surface area contributed by atoms with Crippen molar-refractivity contribution in [3.63, 3.8) is 0 Å². The third kappa shape index (κ3) is 5.36. The van der Waals surface area contributed by atoms with E-state index in [-0.39, 0.29) is 17.6 Å². The number of nitrogens with zero attached hydrogens (tertiary/aromatic N) is 1. The molecule has 3 N–H and O–H groups in total. The van der Waals surface area contributed by atoms with Crippen molar-refractivity contribution in [2.45, 2.75) is 64.0 Å². The van der Waals surface area contributed by atoms with Gasteiger partial charge in [-0.2, -0.15) is 0 Å². The Morgan fingerprint density at radius 3 is 2.64 bits per heavy atom. The summed E-state index contributed by atoms with van der Waals surface area (Å²) in [5.74, 6) is 0.520. The number of aliphatic hydroxyl groups is 1. The summed E-state index contributed by atoms with van der Waals surface area (Å²) >= 11 is 6.70. The van der Waals surface area contributed by atoms with E-state index in [4.69, 9.17) is 11.6 Å². The zero-order valence-corrected chi connectivity index (χ0v) is 19.9. The Morgan fingerprint density at radius 2 is 1.91 bits per heavy atom. The Labute approximate surface area is 200 Å². The molecule has 2 unspecified atom stereocenters. The fourth-order valence-corrected chi connectivity index (χ4v) is 5.62. The molecule has 2 aromatic carbocycles. The molecule has 1 fully saturated rings. The Hall–Kier alpha value is -2.50. The molecule has 3 aromatic rings. The number of fused-ring (bicyclic) bond motifs is 1. The van der Waals surface area contributed by atoms with Crippen LogP contribution < -0.4 is 5.32 Å². The van der Waals surface area contributed by atoms with E-state index >= 15 is 0 Å². The van der Waals surface area contributed by atoms with Crippen molar-refractivity contribution in [3.05, 3.63) is 64.8 Å². The molecule has 0 radical (unpaired) electrons. The second-order valence-electron chi connectivity index (χ2n) is 9.29. The number of carbonyl (C=O) groups excluding carboxylic acids is 1. The third-order valence-corrected chi connectivity index (χ3v) is 7.17. The minimum atomic E-state index is -0.460. The van der Waals surface area contributed by atoms with Crippen LogP contribution in [0.15, 0.2) is 48.7 Å². The summed E-state index contributed by atoms with van der Waals surface area (Å²) < 4.78 is 2.11. The van der Waals surface area contributed by atoms with Crippen LogP contribution in [0.25, 0.3) is 10.9 Å². The van der Waals surface area contributed by atoms with Gasteiger partial charge in [0.2, 0.25) is 0 Å². The van der Waals surface area contributed by atoms with Gasteiger partial charge in [-0.25, -0.2) is 0 Å². The number of hydrogen-bond donors (Lipinski definition) is 3. The lowest BCUT2D eigenvalue weighted by Crippen LogP contribution is -2.27. The lowest BCUT2D eigenvalue weighted by molar-refractivity contribution is 0.0948. The van der Waals surface area contributed by atoms with Gasteiger partial charge in [0.05, 0.1) is 16.7 Å². The predicted molar refractivity (Wildman–Crippen MR) is 133 cm³/mol. The molecular formula is C27H33ClN2O3. The molecule has 1 aliphatic carbocycles. The van der Waals surface area contributed by atoms with Crippen molar-refractivity contribution in [3.8, 4) is 5.75 Å². The van der Waals surface area contributed by atoms with Crippen LogP contribution in [-0.2, 0) is 6.54 Å². The Kier molecular flexibility index (Phi) is 7.61. The van der Waals surface area contributed by atoms with E-state index in [1.807, 2.05) is 12.1 Å². The largest absolute Gasteiger partial charge is 0.507 e. The fourth-order valence-electron chi connectivity index (χ4n) is 5.34. The maximum Gasteiger partial charge on any atom is 0.255 e. The monoisotopic (exact) mass is 468 g/mol. The van der Waals surface area contributed by atoms with Crippen molar-refractivity contribution in [2.24, 2.45) is 5.92 Å². The number of carbonyl (C=O) groups is 1. The van der Waals surface area contributed by atoms with Crippen molar-refractivity contribution < 1.29 is 15.0 Å². The molecule has 1 aliphatic rings. The highest BCUT2D eigenvalue weighted by Gasteiger charge is 2.29. The summed E-state index contributed by atoms with van der Waals surface area (Å²) in [6.45, 7) is 2.82.